The smallest absolute Gasteiger partial charge is 0.234 e. The average Bonchev–Trinajstić information content (AvgIpc) is 2.85. The van der Waals surface area contributed by atoms with Crippen molar-refractivity contribution in [1.29, 1.82) is 0 Å². The Balaban J connectivity index is 1.95. The number of amides is 1. The summed E-state index contributed by atoms with van der Waals surface area (Å²) in [6, 6.07) is 6.87. The van der Waals surface area contributed by atoms with Crippen molar-refractivity contribution in [3.63, 3.8) is 0 Å². The monoisotopic (exact) mass is 361 g/mol. The van der Waals surface area contributed by atoms with Gasteiger partial charge in [-0.05, 0) is 45.0 Å². The Morgan fingerprint density at radius 1 is 1.24 bits per heavy atom. The van der Waals surface area contributed by atoms with Crippen LogP contribution in [0.15, 0.2) is 29.4 Å². The Kier molecular flexibility index (Phi) is 6.78. The second kappa shape index (κ2) is 8.82. The topological polar surface area (TPSA) is 73.2 Å². The standard InChI is InChI=1S/C18H23N3O3S/c1-12-13(2)21(9-10-24-4)18(19-12)25-11-17(23)20-16-7-5-15(6-8-16)14(3)22/h5-8H,9-11H2,1-4H3,(H,20,23). The van der Waals surface area contributed by atoms with Gasteiger partial charge in [-0.3, -0.25) is 9.59 Å². The summed E-state index contributed by atoms with van der Waals surface area (Å²) in [6.07, 6.45) is 0. The van der Waals surface area contributed by atoms with Gasteiger partial charge in [-0.1, -0.05) is 11.8 Å². The molecule has 7 heteroatoms. The minimum atomic E-state index is -0.114. The second-order valence-electron chi connectivity index (χ2n) is 5.68. The number of carbonyl (C=O) groups excluding carboxylic acids is 2. The first kappa shape index (κ1) is 19.2. The molecule has 1 amide bonds. The molecule has 2 aromatic rings. The van der Waals surface area contributed by atoms with Crippen molar-refractivity contribution in [3.8, 4) is 0 Å². The van der Waals surface area contributed by atoms with Gasteiger partial charge in [0.15, 0.2) is 10.9 Å². The number of methoxy groups -OCH3 is 1. The minimum absolute atomic E-state index is 0.00191. The lowest BCUT2D eigenvalue weighted by Gasteiger charge is -2.09. The van der Waals surface area contributed by atoms with Gasteiger partial charge in [0.1, 0.15) is 0 Å². The van der Waals surface area contributed by atoms with E-state index in [1.165, 1.54) is 18.7 Å². The number of ether oxygens (including phenoxy) is 1. The molecule has 0 bridgehead atoms. The lowest BCUT2D eigenvalue weighted by molar-refractivity contribution is -0.113. The Morgan fingerprint density at radius 2 is 1.92 bits per heavy atom. The summed E-state index contributed by atoms with van der Waals surface area (Å²) in [5.74, 6) is 0.149. The van der Waals surface area contributed by atoms with E-state index in [0.29, 0.717) is 24.4 Å². The van der Waals surface area contributed by atoms with E-state index in [0.717, 1.165) is 16.5 Å². The second-order valence-corrected chi connectivity index (χ2v) is 6.62. The van der Waals surface area contributed by atoms with Gasteiger partial charge in [-0.25, -0.2) is 4.98 Å². The van der Waals surface area contributed by atoms with Gasteiger partial charge in [-0.2, -0.15) is 0 Å². The summed E-state index contributed by atoms with van der Waals surface area (Å²) in [4.78, 5) is 28.0. The number of hydrogen-bond acceptors (Lipinski definition) is 5. The molecule has 0 radical (unpaired) electrons. The van der Waals surface area contributed by atoms with Crippen molar-refractivity contribution >= 4 is 29.1 Å². The van der Waals surface area contributed by atoms with Crippen LogP contribution in [0.2, 0.25) is 0 Å². The number of aryl methyl sites for hydroxylation is 1. The lowest BCUT2D eigenvalue weighted by Crippen LogP contribution is -2.15. The number of aromatic nitrogens is 2. The zero-order valence-corrected chi connectivity index (χ0v) is 15.8. The maximum atomic E-state index is 12.2. The molecule has 0 aliphatic rings. The van der Waals surface area contributed by atoms with Crippen LogP contribution in [0.1, 0.15) is 28.7 Å². The van der Waals surface area contributed by atoms with Crippen molar-refractivity contribution < 1.29 is 14.3 Å². The number of nitrogens with one attached hydrogen (secondary N) is 1. The minimum Gasteiger partial charge on any atom is -0.383 e. The molecule has 1 aromatic carbocycles. The van der Waals surface area contributed by atoms with Crippen LogP contribution in [-0.2, 0) is 16.1 Å². The lowest BCUT2D eigenvalue weighted by atomic mass is 10.1. The van der Waals surface area contributed by atoms with Crippen molar-refractivity contribution in [2.24, 2.45) is 0 Å². The molecule has 0 aliphatic carbocycles. The highest BCUT2D eigenvalue weighted by atomic mass is 32.2. The van der Waals surface area contributed by atoms with Crippen LogP contribution in [0.3, 0.4) is 0 Å². The number of rotatable bonds is 8. The summed E-state index contributed by atoms with van der Waals surface area (Å²) in [7, 11) is 1.66. The first-order chi connectivity index (χ1) is 11.9. The zero-order valence-electron chi connectivity index (χ0n) is 15.0. The molecule has 0 saturated heterocycles. The summed E-state index contributed by atoms with van der Waals surface area (Å²) >= 11 is 1.40. The maximum Gasteiger partial charge on any atom is 0.234 e. The summed E-state index contributed by atoms with van der Waals surface area (Å²) in [5.41, 5.74) is 3.34. The number of anilines is 1. The van der Waals surface area contributed by atoms with Gasteiger partial charge in [0.25, 0.3) is 0 Å². The van der Waals surface area contributed by atoms with Gasteiger partial charge in [0, 0.05) is 30.6 Å². The number of thioether (sulfide) groups is 1. The Hall–Kier alpha value is -2.12. The van der Waals surface area contributed by atoms with Crippen LogP contribution in [0.25, 0.3) is 0 Å². The molecule has 0 spiro atoms. The predicted molar refractivity (Wildman–Crippen MR) is 99.4 cm³/mol. The van der Waals surface area contributed by atoms with Gasteiger partial charge < -0.3 is 14.6 Å². The van der Waals surface area contributed by atoms with E-state index >= 15 is 0 Å². The molecule has 1 aromatic heterocycles. The first-order valence-electron chi connectivity index (χ1n) is 7.98. The SMILES string of the molecule is COCCn1c(SCC(=O)Nc2ccc(C(C)=O)cc2)nc(C)c1C. The van der Waals surface area contributed by atoms with Crippen LogP contribution in [-0.4, -0.2) is 40.7 Å². The highest BCUT2D eigenvalue weighted by Gasteiger charge is 2.13. The molecule has 134 valence electrons. The third-order valence-electron chi connectivity index (χ3n) is 3.85. The van der Waals surface area contributed by atoms with E-state index in [2.05, 4.69) is 14.9 Å². The summed E-state index contributed by atoms with van der Waals surface area (Å²) in [5, 5.41) is 3.64. The van der Waals surface area contributed by atoms with E-state index in [4.69, 9.17) is 4.74 Å². The number of benzene rings is 1. The highest BCUT2D eigenvalue weighted by Crippen LogP contribution is 2.21. The van der Waals surface area contributed by atoms with Crippen molar-refractivity contribution in [3.05, 3.63) is 41.2 Å². The van der Waals surface area contributed by atoms with Crippen molar-refractivity contribution in [1.82, 2.24) is 9.55 Å². The molecule has 0 fully saturated rings. The number of imidazole rings is 1. The molecular formula is C18H23N3O3S. The van der Waals surface area contributed by atoms with Gasteiger partial charge in [-0.15, -0.1) is 0 Å². The number of nitrogens with zero attached hydrogens (tertiary/aromatic N) is 2. The number of Topliss-reactive ketones (excluding diaryl/α,β-unsaturated/α-hetero) is 1. The first-order valence-corrected chi connectivity index (χ1v) is 8.97. The van der Waals surface area contributed by atoms with Crippen LogP contribution in [0, 0.1) is 13.8 Å². The van der Waals surface area contributed by atoms with Crippen LogP contribution < -0.4 is 5.32 Å². The predicted octanol–water partition coefficient (Wildman–Crippen LogP) is 3.08. The molecule has 1 heterocycles. The average molecular weight is 361 g/mol. The van der Waals surface area contributed by atoms with Gasteiger partial charge in [0.2, 0.25) is 5.91 Å². The molecule has 25 heavy (non-hydrogen) atoms. The van der Waals surface area contributed by atoms with Gasteiger partial charge in [0.05, 0.1) is 18.1 Å². The Labute approximate surface area is 152 Å². The summed E-state index contributed by atoms with van der Waals surface area (Å²) in [6.45, 7) is 6.79. The van der Waals surface area contributed by atoms with Crippen LogP contribution in [0.5, 0.6) is 0 Å². The van der Waals surface area contributed by atoms with Crippen molar-refractivity contribution in [2.45, 2.75) is 32.5 Å². The normalized spacial score (nSPS) is 10.7. The van der Waals surface area contributed by atoms with Crippen molar-refractivity contribution in [2.75, 3.05) is 24.8 Å². The largest absolute Gasteiger partial charge is 0.383 e. The van der Waals surface area contributed by atoms with Crippen LogP contribution >= 0.6 is 11.8 Å². The molecule has 6 nitrogen and oxygen atoms in total. The van der Waals surface area contributed by atoms with E-state index in [1.54, 1.807) is 31.4 Å². The number of carbonyl (C=O) groups is 2. The number of hydrogen-bond donors (Lipinski definition) is 1. The molecule has 0 aliphatic heterocycles. The fourth-order valence-corrected chi connectivity index (χ4v) is 3.21. The third kappa shape index (κ3) is 5.17. The third-order valence-corrected chi connectivity index (χ3v) is 4.83. The molecule has 0 atom stereocenters. The van der Waals surface area contributed by atoms with E-state index in [-0.39, 0.29) is 17.4 Å². The summed E-state index contributed by atoms with van der Waals surface area (Å²) < 4.78 is 7.20. The Morgan fingerprint density at radius 3 is 2.52 bits per heavy atom. The molecular weight excluding hydrogens is 338 g/mol. The quantitative estimate of drug-likeness (QED) is 0.578. The molecule has 2 rings (SSSR count). The number of ketones is 1. The van der Waals surface area contributed by atoms with Crippen LogP contribution in [0.4, 0.5) is 5.69 Å². The van der Waals surface area contributed by atoms with E-state index < -0.39 is 0 Å². The molecule has 1 N–H and O–H groups in total. The van der Waals surface area contributed by atoms with E-state index in [9.17, 15) is 9.59 Å². The fraction of sp³-hybridized carbons (Fsp3) is 0.389. The van der Waals surface area contributed by atoms with Gasteiger partial charge >= 0.3 is 0 Å². The molecule has 0 saturated carbocycles. The Bertz CT molecular complexity index is 754. The zero-order chi connectivity index (χ0) is 18.4. The maximum absolute atomic E-state index is 12.2. The van der Waals surface area contributed by atoms with E-state index in [1.807, 2.05) is 13.8 Å². The highest BCUT2D eigenvalue weighted by molar-refractivity contribution is 7.99. The molecule has 0 unspecified atom stereocenters. The fourth-order valence-electron chi connectivity index (χ4n) is 2.30.